The Bertz CT molecular complexity index is 573. The van der Waals surface area contributed by atoms with E-state index in [0.29, 0.717) is 16.9 Å². The molecular weight excluding hydrogens is 266 g/mol. The van der Waals surface area contributed by atoms with Gasteiger partial charge in [-0.1, -0.05) is 30.4 Å². The monoisotopic (exact) mass is 279 g/mol. The van der Waals surface area contributed by atoms with Crippen molar-refractivity contribution in [2.75, 3.05) is 0 Å². The molecule has 0 aromatic heterocycles. The zero-order valence-electron chi connectivity index (χ0n) is 10.6. The number of ketones is 1. The molecule has 0 spiro atoms. The van der Waals surface area contributed by atoms with Crippen LogP contribution >= 0.6 is 12.2 Å². The van der Waals surface area contributed by atoms with Crippen molar-refractivity contribution in [3.63, 3.8) is 0 Å². The number of carbonyl (C=O) groups excluding carboxylic acids is 2. The molecule has 1 heterocycles. The first-order chi connectivity index (χ1) is 8.86. The third-order valence-electron chi connectivity index (χ3n) is 2.94. The summed E-state index contributed by atoms with van der Waals surface area (Å²) in [6, 6.07) is 0. The normalized spacial score (nSPS) is 26.3. The molecule has 19 heavy (non-hydrogen) atoms. The number of nitrogens with two attached hydrogens (primary N) is 1. The lowest BCUT2D eigenvalue weighted by molar-refractivity contribution is -0.141. The molecule has 0 amide bonds. The number of allylic oxidation sites excluding steroid dienone is 3. The molecule has 1 unspecified atom stereocenters. The van der Waals surface area contributed by atoms with Crippen LogP contribution < -0.4 is 5.73 Å². The van der Waals surface area contributed by atoms with Crippen molar-refractivity contribution in [3.8, 4) is 0 Å². The summed E-state index contributed by atoms with van der Waals surface area (Å²) >= 11 is 5.23. The van der Waals surface area contributed by atoms with E-state index in [-0.39, 0.29) is 11.6 Å². The van der Waals surface area contributed by atoms with Gasteiger partial charge in [-0.3, -0.25) is 9.59 Å². The van der Waals surface area contributed by atoms with Crippen molar-refractivity contribution in [1.29, 1.82) is 0 Å². The number of ether oxygens (including phenoxy) is 2. The fourth-order valence-electron chi connectivity index (χ4n) is 2.03. The van der Waals surface area contributed by atoms with Gasteiger partial charge in [0.15, 0.2) is 5.60 Å². The first-order valence-electron chi connectivity index (χ1n) is 5.68. The minimum atomic E-state index is -1.32. The van der Waals surface area contributed by atoms with E-state index in [4.69, 9.17) is 27.4 Å². The number of carbonyl (C=O) groups is 2. The van der Waals surface area contributed by atoms with Crippen LogP contribution in [-0.2, 0) is 19.1 Å². The maximum Gasteiger partial charge on any atom is 0.308 e. The van der Waals surface area contributed by atoms with Gasteiger partial charge in [0, 0.05) is 23.8 Å². The fourth-order valence-corrected chi connectivity index (χ4v) is 2.39. The summed E-state index contributed by atoms with van der Waals surface area (Å²) in [7, 11) is 0. The fraction of sp³-hybridized carbons (Fsp3) is 0.308. The zero-order chi connectivity index (χ0) is 14.2. The second kappa shape index (κ2) is 4.62. The summed E-state index contributed by atoms with van der Waals surface area (Å²) in [6.07, 6.45) is 5.97. The summed E-state index contributed by atoms with van der Waals surface area (Å²) in [5.74, 6) is -1.57. The molecule has 2 aliphatic rings. The van der Waals surface area contributed by atoms with Gasteiger partial charge in [0.25, 0.3) is 5.78 Å². The third-order valence-corrected chi connectivity index (χ3v) is 3.33. The number of hydrogen-bond donors (Lipinski definition) is 1. The van der Waals surface area contributed by atoms with E-state index in [1.807, 2.05) is 6.08 Å². The Balaban J connectivity index is 2.37. The van der Waals surface area contributed by atoms with E-state index in [9.17, 15) is 9.59 Å². The molecular formula is C13H13NO4S. The summed E-state index contributed by atoms with van der Waals surface area (Å²) in [5, 5.41) is 0. The Morgan fingerprint density at radius 1 is 1.58 bits per heavy atom. The molecule has 0 aromatic carbocycles. The van der Waals surface area contributed by atoms with Crippen LogP contribution in [0.4, 0.5) is 0 Å². The lowest BCUT2D eigenvalue weighted by atomic mass is 9.86. The van der Waals surface area contributed by atoms with Gasteiger partial charge >= 0.3 is 5.97 Å². The van der Waals surface area contributed by atoms with E-state index < -0.39 is 17.4 Å². The van der Waals surface area contributed by atoms with Crippen LogP contribution in [0.3, 0.4) is 0 Å². The molecule has 1 aliphatic heterocycles. The minimum Gasteiger partial charge on any atom is -0.457 e. The molecule has 1 atom stereocenters. The van der Waals surface area contributed by atoms with Gasteiger partial charge in [0.1, 0.15) is 0 Å². The highest BCUT2D eigenvalue weighted by Crippen LogP contribution is 2.37. The van der Waals surface area contributed by atoms with Crippen LogP contribution in [0.2, 0.25) is 0 Å². The van der Waals surface area contributed by atoms with E-state index in [1.165, 1.54) is 6.92 Å². The minimum absolute atomic E-state index is 0.194. The number of rotatable bonds is 2. The summed E-state index contributed by atoms with van der Waals surface area (Å²) in [4.78, 5) is 23.9. The van der Waals surface area contributed by atoms with Crippen LogP contribution in [0.15, 0.2) is 35.4 Å². The van der Waals surface area contributed by atoms with Crippen molar-refractivity contribution in [3.05, 3.63) is 35.4 Å². The van der Waals surface area contributed by atoms with E-state index >= 15 is 0 Å². The highest BCUT2D eigenvalue weighted by Gasteiger charge is 2.50. The van der Waals surface area contributed by atoms with Crippen molar-refractivity contribution < 1.29 is 19.1 Å². The Morgan fingerprint density at radius 3 is 2.84 bits per heavy atom. The van der Waals surface area contributed by atoms with Crippen LogP contribution in [0.25, 0.3) is 0 Å². The molecule has 0 bridgehead atoms. The van der Waals surface area contributed by atoms with Crippen molar-refractivity contribution >= 4 is 28.8 Å². The molecule has 6 heteroatoms. The van der Waals surface area contributed by atoms with E-state index in [0.717, 1.165) is 0 Å². The maximum atomic E-state index is 12.4. The van der Waals surface area contributed by atoms with Crippen LogP contribution in [0, 0.1) is 0 Å². The highest BCUT2D eigenvalue weighted by molar-refractivity contribution is 7.80. The number of esters is 1. The van der Waals surface area contributed by atoms with Gasteiger partial charge in [-0.05, 0) is 6.92 Å². The smallest absolute Gasteiger partial charge is 0.308 e. The summed E-state index contributed by atoms with van der Waals surface area (Å²) < 4.78 is 10.2. The molecule has 0 saturated carbocycles. The van der Waals surface area contributed by atoms with Crippen molar-refractivity contribution in [1.82, 2.24) is 0 Å². The predicted octanol–water partition coefficient (Wildman–Crippen LogP) is 1.29. The molecule has 2 rings (SSSR count). The van der Waals surface area contributed by atoms with Gasteiger partial charge < -0.3 is 15.2 Å². The molecule has 2 N–H and O–H groups in total. The summed E-state index contributed by atoms with van der Waals surface area (Å²) in [5.41, 5.74) is 4.86. The van der Waals surface area contributed by atoms with Crippen molar-refractivity contribution in [2.24, 2.45) is 5.73 Å². The third kappa shape index (κ3) is 2.19. The molecule has 1 aliphatic carbocycles. The topological polar surface area (TPSA) is 78.6 Å². The number of thiocarbonyl (C=S) groups is 1. The predicted molar refractivity (Wildman–Crippen MR) is 71.9 cm³/mol. The van der Waals surface area contributed by atoms with Crippen LogP contribution in [-0.4, -0.2) is 22.2 Å². The zero-order valence-corrected chi connectivity index (χ0v) is 11.4. The number of Topliss-reactive ketones (excluding diaryl/α,β-unsaturated/α-hetero) is 1. The second-order valence-corrected chi connectivity index (χ2v) is 4.88. The lowest BCUT2D eigenvalue weighted by Gasteiger charge is -2.27. The molecule has 0 saturated heterocycles. The lowest BCUT2D eigenvalue weighted by Crippen LogP contribution is -2.40. The Labute approximate surface area is 115 Å². The van der Waals surface area contributed by atoms with E-state index in [1.54, 1.807) is 19.1 Å². The largest absolute Gasteiger partial charge is 0.457 e. The van der Waals surface area contributed by atoms with Gasteiger partial charge in [-0.2, -0.15) is 0 Å². The molecule has 100 valence electrons. The quantitative estimate of drug-likeness (QED) is 0.606. The van der Waals surface area contributed by atoms with Crippen molar-refractivity contribution in [2.45, 2.75) is 25.9 Å². The average molecular weight is 279 g/mol. The van der Waals surface area contributed by atoms with Gasteiger partial charge in [-0.15, -0.1) is 0 Å². The van der Waals surface area contributed by atoms with E-state index in [2.05, 4.69) is 0 Å². The molecule has 5 nitrogen and oxygen atoms in total. The molecule has 0 fully saturated rings. The second-order valence-electron chi connectivity index (χ2n) is 4.39. The summed E-state index contributed by atoms with van der Waals surface area (Å²) in [6.45, 7) is 2.76. The van der Waals surface area contributed by atoms with Crippen LogP contribution in [0.5, 0.6) is 0 Å². The Kier molecular flexibility index (Phi) is 3.28. The number of hydrogen-bond acceptors (Lipinski definition) is 6. The maximum absolute atomic E-state index is 12.4. The first kappa shape index (κ1) is 13.5. The Morgan fingerprint density at radius 2 is 2.26 bits per heavy atom. The Hall–Kier alpha value is -1.95. The van der Waals surface area contributed by atoms with Gasteiger partial charge in [0.05, 0.1) is 0 Å². The van der Waals surface area contributed by atoms with Gasteiger partial charge in [0.2, 0.25) is 11.6 Å². The SMILES string of the molecule is CC(=O)OC1=C(N)OC(C)(C2=CC=CCC2=S)C1=O. The average Bonchev–Trinajstić information content (AvgIpc) is 2.54. The standard InChI is InChI=1S/C13H13NO4S/c1-7(15)17-10-11(16)13(2,18-12(10)14)8-5-3-4-6-9(8)19/h3-5H,6,14H2,1-2H3. The highest BCUT2D eigenvalue weighted by atomic mass is 32.1. The molecule has 0 aromatic rings. The first-order valence-corrected chi connectivity index (χ1v) is 6.09. The van der Waals surface area contributed by atoms with Gasteiger partial charge in [-0.25, -0.2) is 0 Å². The molecule has 0 radical (unpaired) electrons. The van der Waals surface area contributed by atoms with Crippen LogP contribution in [0.1, 0.15) is 20.3 Å².